The number of hydrogen-bond acceptors (Lipinski definition) is 6. The molecule has 6 heteroatoms. The first-order valence-corrected chi connectivity index (χ1v) is 7.63. The Morgan fingerprint density at radius 3 is 2.32 bits per heavy atom. The molecule has 6 nitrogen and oxygen atoms in total. The van der Waals surface area contributed by atoms with Crippen molar-refractivity contribution in [3.05, 3.63) is 17.7 Å². The number of hydrogen-bond donors (Lipinski definition) is 3. The summed E-state index contributed by atoms with van der Waals surface area (Å²) in [6.45, 7) is 8.06. The van der Waals surface area contributed by atoms with Gasteiger partial charge in [-0.25, -0.2) is 0 Å². The van der Waals surface area contributed by atoms with Gasteiger partial charge in [-0.05, 0) is 25.6 Å². The van der Waals surface area contributed by atoms with E-state index in [0.29, 0.717) is 5.56 Å². The first kappa shape index (κ1) is 16.6. The van der Waals surface area contributed by atoms with Crippen molar-refractivity contribution < 1.29 is 20.1 Å². The van der Waals surface area contributed by atoms with E-state index in [1.807, 2.05) is 0 Å². The van der Waals surface area contributed by atoms with Crippen molar-refractivity contribution in [2.24, 2.45) is 0 Å². The van der Waals surface area contributed by atoms with Gasteiger partial charge in [0.05, 0.1) is 0 Å². The summed E-state index contributed by atoms with van der Waals surface area (Å²) in [4.78, 5) is 16.1. The van der Waals surface area contributed by atoms with Crippen molar-refractivity contribution >= 4 is 5.78 Å². The number of piperazine rings is 1. The molecule has 0 bridgehead atoms. The highest BCUT2D eigenvalue weighted by Crippen LogP contribution is 2.42. The van der Waals surface area contributed by atoms with Crippen LogP contribution >= 0.6 is 0 Å². The predicted molar refractivity (Wildman–Crippen MR) is 83.2 cm³/mol. The first-order chi connectivity index (χ1) is 10.4. The highest BCUT2D eigenvalue weighted by Gasteiger charge is 2.28. The molecule has 0 aliphatic carbocycles. The van der Waals surface area contributed by atoms with Gasteiger partial charge in [-0.15, -0.1) is 0 Å². The van der Waals surface area contributed by atoms with Gasteiger partial charge >= 0.3 is 0 Å². The van der Waals surface area contributed by atoms with Gasteiger partial charge in [-0.3, -0.25) is 9.69 Å². The third-order valence-electron chi connectivity index (χ3n) is 4.30. The van der Waals surface area contributed by atoms with Gasteiger partial charge in [0.15, 0.2) is 11.5 Å². The average Bonchev–Trinajstić information content (AvgIpc) is 2.51. The largest absolute Gasteiger partial charge is 0.504 e. The van der Waals surface area contributed by atoms with E-state index in [2.05, 4.69) is 16.7 Å². The van der Waals surface area contributed by atoms with Gasteiger partial charge in [0.1, 0.15) is 5.78 Å². The summed E-state index contributed by atoms with van der Waals surface area (Å²) in [6, 6.07) is 2.63. The Kier molecular flexibility index (Phi) is 5.26. The summed E-state index contributed by atoms with van der Waals surface area (Å²) in [7, 11) is 0. The number of Topliss-reactive ketones (excluding diaryl/α,β-unsaturated/α-hetero) is 1. The monoisotopic (exact) mass is 308 g/mol. The topological polar surface area (TPSA) is 84.2 Å². The lowest BCUT2D eigenvalue weighted by Gasteiger charge is -2.39. The quantitative estimate of drug-likeness (QED) is 0.714. The van der Waals surface area contributed by atoms with Crippen LogP contribution in [0.5, 0.6) is 17.2 Å². The normalized spacial score (nSPS) is 18.3. The molecule has 1 aromatic carbocycles. The Bertz CT molecular complexity index is 539. The van der Waals surface area contributed by atoms with E-state index in [-0.39, 0.29) is 29.7 Å². The second kappa shape index (κ2) is 6.98. The Hall–Kier alpha value is -1.79. The highest BCUT2D eigenvalue weighted by molar-refractivity contribution is 5.76. The average molecular weight is 308 g/mol. The minimum atomic E-state index is -0.529. The minimum Gasteiger partial charge on any atom is -0.504 e. The van der Waals surface area contributed by atoms with Crippen molar-refractivity contribution in [1.82, 2.24) is 9.80 Å². The molecule has 1 heterocycles. The molecule has 1 atom stereocenters. The van der Waals surface area contributed by atoms with Crippen LogP contribution in [-0.2, 0) is 4.79 Å². The van der Waals surface area contributed by atoms with Crippen molar-refractivity contribution in [2.45, 2.75) is 26.3 Å². The molecule has 0 saturated carbocycles. The molecular weight excluding hydrogens is 284 g/mol. The summed E-state index contributed by atoms with van der Waals surface area (Å²) in [5.74, 6) is -1.21. The highest BCUT2D eigenvalue weighted by atomic mass is 16.3. The molecular formula is C16H24N2O4. The maximum Gasteiger partial charge on any atom is 0.200 e. The molecule has 1 aromatic rings. The van der Waals surface area contributed by atoms with Crippen LogP contribution in [0.25, 0.3) is 0 Å². The zero-order valence-corrected chi connectivity index (χ0v) is 13.1. The second-order valence-electron chi connectivity index (χ2n) is 5.76. The number of rotatable bonds is 5. The van der Waals surface area contributed by atoms with Crippen LogP contribution in [0, 0.1) is 0 Å². The molecule has 2 rings (SSSR count). The molecule has 1 aliphatic heterocycles. The van der Waals surface area contributed by atoms with Gasteiger partial charge < -0.3 is 20.2 Å². The fraction of sp³-hybridized carbons (Fsp3) is 0.562. The van der Waals surface area contributed by atoms with Crippen LogP contribution in [0.15, 0.2) is 12.1 Å². The number of benzene rings is 1. The summed E-state index contributed by atoms with van der Waals surface area (Å²) >= 11 is 0. The lowest BCUT2D eigenvalue weighted by Crippen LogP contribution is -2.47. The van der Waals surface area contributed by atoms with E-state index in [1.54, 1.807) is 6.07 Å². The molecule has 1 aliphatic rings. The fourth-order valence-electron chi connectivity index (χ4n) is 2.95. The number of phenolic OH excluding ortho intramolecular Hbond substituents is 3. The molecule has 0 spiro atoms. The maximum atomic E-state index is 11.6. The van der Waals surface area contributed by atoms with Crippen molar-refractivity contribution in [3.8, 4) is 17.2 Å². The van der Waals surface area contributed by atoms with Crippen LogP contribution in [-0.4, -0.2) is 63.6 Å². The van der Waals surface area contributed by atoms with Gasteiger partial charge in [0, 0.05) is 44.2 Å². The summed E-state index contributed by atoms with van der Waals surface area (Å²) in [5.41, 5.74) is 0.482. The van der Waals surface area contributed by atoms with Crippen LogP contribution < -0.4 is 0 Å². The standard InChI is InChI=1S/C16H24N2O4/c1-3-17-6-8-18(9-7-17)13(10-11(2)19)12-4-5-14(20)16(22)15(12)21/h4-5,13,20-22H,3,6-10H2,1-2H3. The number of carbonyl (C=O) groups excluding carboxylic acids is 1. The van der Waals surface area contributed by atoms with E-state index >= 15 is 0 Å². The van der Waals surface area contributed by atoms with Gasteiger partial charge in [0.25, 0.3) is 0 Å². The second-order valence-corrected chi connectivity index (χ2v) is 5.76. The van der Waals surface area contributed by atoms with Crippen LogP contribution in [0.2, 0.25) is 0 Å². The molecule has 0 radical (unpaired) electrons. The molecule has 1 unspecified atom stereocenters. The van der Waals surface area contributed by atoms with Crippen LogP contribution in [0.4, 0.5) is 0 Å². The smallest absolute Gasteiger partial charge is 0.200 e. The third kappa shape index (κ3) is 3.51. The van der Waals surface area contributed by atoms with E-state index in [4.69, 9.17) is 0 Å². The van der Waals surface area contributed by atoms with E-state index in [0.717, 1.165) is 32.7 Å². The Morgan fingerprint density at radius 1 is 1.14 bits per heavy atom. The SMILES string of the molecule is CCN1CCN(C(CC(C)=O)c2ccc(O)c(O)c2O)CC1. The lowest BCUT2D eigenvalue weighted by atomic mass is 9.97. The minimum absolute atomic E-state index is 0.0230. The molecule has 1 saturated heterocycles. The van der Waals surface area contributed by atoms with Crippen molar-refractivity contribution in [2.75, 3.05) is 32.7 Å². The zero-order chi connectivity index (χ0) is 16.3. The number of ketones is 1. The fourth-order valence-corrected chi connectivity index (χ4v) is 2.95. The van der Waals surface area contributed by atoms with E-state index in [9.17, 15) is 20.1 Å². The first-order valence-electron chi connectivity index (χ1n) is 7.63. The Morgan fingerprint density at radius 2 is 1.77 bits per heavy atom. The van der Waals surface area contributed by atoms with Crippen LogP contribution in [0.3, 0.4) is 0 Å². The van der Waals surface area contributed by atoms with Crippen molar-refractivity contribution in [1.29, 1.82) is 0 Å². The Balaban J connectivity index is 2.27. The van der Waals surface area contributed by atoms with Crippen molar-refractivity contribution in [3.63, 3.8) is 0 Å². The lowest BCUT2D eigenvalue weighted by molar-refractivity contribution is -0.118. The Labute approximate surface area is 130 Å². The number of nitrogens with zero attached hydrogens (tertiary/aromatic N) is 2. The molecule has 1 fully saturated rings. The molecule has 3 N–H and O–H groups in total. The van der Waals surface area contributed by atoms with Gasteiger partial charge in [-0.1, -0.05) is 6.92 Å². The summed E-state index contributed by atoms with van der Waals surface area (Å²) in [6.07, 6.45) is 0.268. The maximum absolute atomic E-state index is 11.6. The number of likely N-dealkylation sites (N-methyl/N-ethyl adjacent to an activating group) is 1. The number of phenols is 3. The third-order valence-corrected chi connectivity index (χ3v) is 4.30. The molecule has 0 aromatic heterocycles. The van der Waals surface area contributed by atoms with Crippen LogP contribution in [0.1, 0.15) is 31.9 Å². The summed E-state index contributed by atoms with van der Waals surface area (Å²) < 4.78 is 0. The molecule has 0 amide bonds. The zero-order valence-electron chi connectivity index (χ0n) is 13.1. The number of carbonyl (C=O) groups is 1. The van der Waals surface area contributed by atoms with Gasteiger partial charge in [0.2, 0.25) is 5.75 Å². The van der Waals surface area contributed by atoms with Gasteiger partial charge in [-0.2, -0.15) is 0 Å². The van der Waals surface area contributed by atoms with E-state index in [1.165, 1.54) is 13.0 Å². The summed E-state index contributed by atoms with van der Waals surface area (Å²) in [5, 5.41) is 29.3. The molecule has 22 heavy (non-hydrogen) atoms. The predicted octanol–water partition coefficient (Wildman–Crippen LogP) is 1.46. The molecule has 122 valence electrons. The number of aromatic hydroxyl groups is 3. The van der Waals surface area contributed by atoms with E-state index < -0.39 is 5.75 Å².